The first-order valence-electron chi connectivity index (χ1n) is 5.96. The lowest BCUT2D eigenvalue weighted by molar-refractivity contribution is -0.385. The summed E-state index contributed by atoms with van der Waals surface area (Å²) >= 11 is 0. The Morgan fingerprint density at radius 2 is 2.37 bits per heavy atom. The lowest BCUT2D eigenvalue weighted by Gasteiger charge is -2.13. The van der Waals surface area contributed by atoms with Gasteiger partial charge in [-0.25, -0.2) is 0 Å². The smallest absolute Gasteiger partial charge is 0.311 e. The Morgan fingerprint density at radius 1 is 1.58 bits per heavy atom. The second-order valence-electron chi connectivity index (χ2n) is 4.28. The van der Waals surface area contributed by atoms with Crippen molar-refractivity contribution in [1.29, 1.82) is 0 Å². The summed E-state index contributed by atoms with van der Waals surface area (Å²) in [5, 5.41) is 16.8. The second-order valence-corrected chi connectivity index (χ2v) is 4.28. The van der Waals surface area contributed by atoms with Crippen LogP contribution >= 0.6 is 0 Å². The van der Waals surface area contributed by atoms with Gasteiger partial charge in [-0.1, -0.05) is 6.07 Å². The van der Waals surface area contributed by atoms with E-state index in [0.717, 1.165) is 13.0 Å². The second kappa shape index (κ2) is 5.66. The molecule has 1 aliphatic rings. The standard InChI is InChI=1S/C12H15N3O4/c1-19-11-9(3-2-4-10(11)15(17)18)12(16)14-8-5-6-13-7-8/h2-4,8,13H,5-7H2,1H3,(H,14,16)/t8-/m0/s1. The first-order valence-corrected chi connectivity index (χ1v) is 5.96. The van der Waals surface area contributed by atoms with Gasteiger partial charge in [0, 0.05) is 18.7 Å². The molecule has 7 heteroatoms. The summed E-state index contributed by atoms with van der Waals surface area (Å²) in [6, 6.07) is 4.36. The van der Waals surface area contributed by atoms with Crippen molar-refractivity contribution < 1.29 is 14.5 Å². The molecule has 19 heavy (non-hydrogen) atoms. The third kappa shape index (κ3) is 2.82. The maximum Gasteiger partial charge on any atom is 0.311 e. The largest absolute Gasteiger partial charge is 0.490 e. The first kappa shape index (κ1) is 13.3. The molecule has 2 rings (SSSR count). The van der Waals surface area contributed by atoms with Crippen molar-refractivity contribution in [2.24, 2.45) is 0 Å². The van der Waals surface area contributed by atoms with Gasteiger partial charge < -0.3 is 15.4 Å². The molecule has 7 nitrogen and oxygen atoms in total. The number of carbonyl (C=O) groups excluding carboxylic acids is 1. The molecule has 1 aromatic rings. The van der Waals surface area contributed by atoms with Crippen LogP contribution in [-0.4, -0.2) is 37.1 Å². The molecule has 0 spiro atoms. The number of nitrogens with zero attached hydrogens (tertiary/aromatic N) is 1. The summed E-state index contributed by atoms with van der Waals surface area (Å²) in [7, 11) is 1.32. The Kier molecular flexibility index (Phi) is 3.96. The fourth-order valence-electron chi connectivity index (χ4n) is 2.10. The fraction of sp³-hybridized carbons (Fsp3) is 0.417. The molecule has 1 aromatic carbocycles. The predicted molar refractivity (Wildman–Crippen MR) is 68.4 cm³/mol. The van der Waals surface area contributed by atoms with Crippen molar-refractivity contribution in [3.05, 3.63) is 33.9 Å². The van der Waals surface area contributed by atoms with Crippen molar-refractivity contribution in [2.45, 2.75) is 12.5 Å². The lowest BCUT2D eigenvalue weighted by Crippen LogP contribution is -2.36. The van der Waals surface area contributed by atoms with Gasteiger partial charge in [0.05, 0.1) is 17.6 Å². The van der Waals surface area contributed by atoms with E-state index in [4.69, 9.17) is 4.74 Å². The highest BCUT2D eigenvalue weighted by molar-refractivity contribution is 5.98. The van der Waals surface area contributed by atoms with E-state index < -0.39 is 4.92 Å². The van der Waals surface area contributed by atoms with Gasteiger partial charge in [0.2, 0.25) is 5.75 Å². The van der Waals surface area contributed by atoms with Crippen LogP contribution in [0, 0.1) is 10.1 Å². The Morgan fingerprint density at radius 3 is 2.95 bits per heavy atom. The van der Waals surface area contributed by atoms with Crippen LogP contribution in [0.3, 0.4) is 0 Å². The molecule has 1 heterocycles. The summed E-state index contributed by atoms with van der Waals surface area (Å²) in [6.07, 6.45) is 0.850. The van der Waals surface area contributed by atoms with Crippen molar-refractivity contribution in [3.63, 3.8) is 0 Å². The van der Waals surface area contributed by atoms with E-state index in [2.05, 4.69) is 10.6 Å². The molecule has 0 saturated carbocycles. The minimum Gasteiger partial charge on any atom is -0.490 e. The molecule has 1 amide bonds. The van der Waals surface area contributed by atoms with E-state index in [0.29, 0.717) is 6.54 Å². The van der Waals surface area contributed by atoms with Crippen molar-refractivity contribution >= 4 is 11.6 Å². The number of para-hydroxylation sites is 1. The zero-order valence-corrected chi connectivity index (χ0v) is 10.5. The molecule has 0 aliphatic carbocycles. The highest BCUT2D eigenvalue weighted by Crippen LogP contribution is 2.30. The first-order chi connectivity index (χ1) is 9.13. The quantitative estimate of drug-likeness (QED) is 0.617. The minimum atomic E-state index is -0.563. The van der Waals surface area contributed by atoms with Gasteiger partial charge in [-0.3, -0.25) is 14.9 Å². The maximum atomic E-state index is 12.1. The number of carbonyl (C=O) groups is 1. The monoisotopic (exact) mass is 265 g/mol. The van der Waals surface area contributed by atoms with E-state index in [1.807, 2.05) is 0 Å². The van der Waals surface area contributed by atoms with Crippen molar-refractivity contribution in [1.82, 2.24) is 10.6 Å². The average molecular weight is 265 g/mol. The zero-order chi connectivity index (χ0) is 13.8. The van der Waals surface area contributed by atoms with Crippen LogP contribution in [-0.2, 0) is 0 Å². The van der Waals surface area contributed by atoms with Crippen LogP contribution in [0.15, 0.2) is 18.2 Å². The Labute approximate surface area is 110 Å². The van der Waals surface area contributed by atoms with Gasteiger partial charge in [0.15, 0.2) is 0 Å². The van der Waals surface area contributed by atoms with Gasteiger partial charge in [-0.05, 0) is 19.0 Å². The van der Waals surface area contributed by atoms with E-state index in [1.54, 1.807) is 0 Å². The number of methoxy groups -OCH3 is 1. The normalized spacial score (nSPS) is 18.1. The van der Waals surface area contributed by atoms with Crippen LogP contribution in [0.1, 0.15) is 16.8 Å². The molecule has 0 aromatic heterocycles. The molecule has 0 unspecified atom stereocenters. The summed E-state index contributed by atoms with van der Waals surface area (Å²) < 4.78 is 5.01. The molecule has 0 bridgehead atoms. The molecule has 102 valence electrons. The van der Waals surface area contributed by atoms with E-state index in [1.165, 1.54) is 25.3 Å². The van der Waals surface area contributed by atoms with Crippen molar-refractivity contribution in [2.75, 3.05) is 20.2 Å². The predicted octanol–water partition coefficient (Wildman–Crippen LogP) is 0.695. The number of rotatable bonds is 4. The van der Waals surface area contributed by atoms with Gasteiger partial charge >= 0.3 is 5.69 Å². The van der Waals surface area contributed by atoms with E-state index in [9.17, 15) is 14.9 Å². The fourth-order valence-corrected chi connectivity index (χ4v) is 2.10. The minimum absolute atomic E-state index is 0.00374. The Hall–Kier alpha value is -2.15. The van der Waals surface area contributed by atoms with Gasteiger partial charge in [0.25, 0.3) is 5.91 Å². The molecular formula is C12H15N3O4. The summed E-state index contributed by atoms with van der Waals surface area (Å²) in [5.74, 6) is -0.356. The maximum absolute atomic E-state index is 12.1. The van der Waals surface area contributed by atoms with E-state index in [-0.39, 0.29) is 28.9 Å². The Balaban J connectivity index is 2.25. The molecule has 1 fully saturated rings. The number of amides is 1. The van der Waals surface area contributed by atoms with Crippen LogP contribution in [0.2, 0.25) is 0 Å². The number of hydrogen-bond donors (Lipinski definition) is 2. The molecule has 2 N–H and O–H groups in total. The number of nitrogens with one attached hydrogen (secondary N) is 2. The summed E-state index contributed by atoms with van der Waals surface area (Å²) in [6.45, 7) is 1.57. The number of benzene rings is 1. The van der Waals surface area contributed by atoms with Crippen LogP contribution in [0.25, 0.3) is 0 Å². The molecule has 0 radical (unpaired) electrons. The highest BCUT2D eigenvalue weighted by atomic mass is 16.6. The lowest BCUT2D eigenvalue weighted by atomic mass is 10.1. The molecule has 1 aliphatic heterocycles. The summed E-state index contributed by atoms with van der Waals surface area (Å²) in [5.41, 5.74) is -0.0247. The average Bonchev–Trinajstić information content (AvgIpc) is 2.90. The van der Waals surface area contributed by atoms with Crippen LogP contribution < -0.4 is 15.4 Å². The Bertz CT molecular complexity index is 498. The van der Waals surface area contributed by atoms with E-state index >= 15 is 0 Å². The van der Waals surface area contributed by atoms with Gasteiger partial charge in [0.1, 0.15) is 0 Å². The summed E-state index contributed by atoms with van der Waals surface area (Å²) in [4.78, 5) is 22.4. The number of nitro groups is 1. The SMILES string of the molecule is COc1c(C(=O)N[C@H]2CCNC2)cccc1[N+](=O)[O-]. The topological polar surface area (TPSA) is 93.5 Å². The van der Waals surface area contributed by atoms with Crippen molar-refractivity contribution in [3.8, 4) is 5.75 Å². The number of ether oxygens (including phenoxy) is 1. The third-order valence-electron chi connectivity index (χ3n) is 3.04. The number of nitro benzene ring substituents is 1. The zero-order valence-electron chi connectivity index (χ0n) is 10.5. The highest BCUT2D eigenvalue weighted by Gasteiger charge is 2.24. The van der Waals surface area contributed by atoms with Crippen LogP contribution in [0.4, 0.5) is 5.69 Å². The molecule has 1 atom stereocenters. The van der Waals surface area contributed by atoms with Gasteiger partial charge in [-0.15, -0.1) is 0 Å². The molecule has 1 saturated heterocycles. The molecular weight excluding hydrogens is 250 g/mol. The van der Waals surface area contributed by atoms with Gasteiger partial charge in [-0.2, -0.15) is 0 Å². The van der Waals surface area contributed by atoms with Crippen LogP contribution in [0.5, 0.6) is 5.75 Å². The number of hydrogen-bond acceptors (Lipinski definition) is 5. The third-order valence-corrected chi connectivity index (χ3v) is 3.04.